The second-order valence-electron chi connectivity index (χ2n) is 4.71. The van der Waals surface area contributed by atoms with Crippen molar-refractivity contribution >= 4 is 11.7 Å². The van der Waals surface area contributed by atoms with Crippen LogP contribution in [0.1, 0.15) is 12.5 Å². The Morgan fingerprint density at radius 3 is 2.64 bits per heavy atom. The van der Waals surface area contributed by atoms with Crippen molar-refractivity contribution < 1.29 is 23.1 Å². The van der Waals surface area contributed by atoms with Crippen LogP contribution in [0.3, 0.4) is 0 Å². The van der Waals surface area contributed by atoms with Gasteiger partial charge in [-0.05, 0) is 25.1 Å². The number of carboxylic acid groups (broad SMARTS) is 1. The normalized spacial score (nSPS) is 18.0. The molecule has 1 fully saturated rings. The Balaban J connectivity index is 0.000000295. The summed E-state index contributed by atoms with van der Waals surface area (Å²) in [5.41, 5.74) is 1.89. The van der Waals surface area contributed by atoms with Gasteiger partial charge in [0.2, 0.25) is 0 Å². The number of piperazine rings is 1. The second kappa shape index (κ2) is 7.66. The van der Waals surface area contributed by atoms with Crippen LogP contribution in [0, 0.1) is 11.3 Å². The van der Waals surface area contributed by atoms with Crippen LogP contribution in [-0.2, 0) is 4.79 Å². The Labute approximate surface area is 126 Å². The van der Waals surface area contributed by atoms with Gasteiger partial charge in [0.05, 0.1) is 11.6 Å². The number of nitrogens with one attached hydrogen (secondary N) is 1. The number of nitrogens with zero attached hydrogens (tertiary/aromatic N) is 2. The number of benzene rings is 1. The molecule has 0 aliphatic carbocycles. The molecule has 1 aliphatic heterocycles. The monoisotopic (exact) mass is 315 g/mol. The van der Waals surface area contributed by atoms with Gasteiger partial charge in [-0.1, -0.05) is 6.07 Å². The lowest BCUT2D eigenvalue weighted by Crippen LogP contribution is -2.49. The van der Waals surface area contributed by atoms with Gasteiger partial charge in [0, 0.05) is 31.4 Å². The van der Waals surface area contributed by atoms with Crippen LogP contribution < -0.4 is 10.2 Å². The quantitative estimate of drug-likeness (QED) is 0.829. The molecule has 1 aromatic carbocycles. The minimum atomic E-state index is -5.08. The number of hydrogen-bond donors (Lipinski definition) is 2. The van der Waals surface area contributed by atoms with Crippen LogP contribution in [0.15, 0.2) is 24.3 Å². The molecule has 2 N–H and O–H groups in total. The Kier molecular flexibility index (Phi) is 6.19. The van der Waals surface area contributed by atoms with Gasteiger partial charge in [0.25, 0.3) is 0 Å². The largest absolute Gasteiger partial charge is 0.490 e. The molecular weight excluding hydrogens is 299 g/mol. The van der Waals surface area contributed by atoms with Crippen LogP contribution in [0.4, 0.5) is 18.9 Å². The molecule has 0 radical (unpaired) electrons. The van der Waals surface area contributed by atoms with Gasteiger partial charge in [-0.25, -0.2) is 4.79 Å². The molecule has 5 nitrogen and oxygen atoms in total. The number of carbonyl (C=O) groups is 1. The van der Waals surface area contributed by atoms with Crippen LogP contribution in [0.5, 0.6) is 0 Å². The fraction of sp³-hybridized carbons (Fsp3) is 0.429. The first-order chi connectivity index (χ1) is 10.3. The van der Waals surface area contributed by atoms with E-state index in [2.05, 4.69) is 29.3 Å². The van der Waals surface area contributed by atoms with E-state index in [0.717, 1.165) is 30.9 Å². The second-order valence-corrected chi connectivity index (χ2v) is 4.71. The number of anilines is 1. The topological polar surface area (TPSA) is 76.4 Å². The summed E-state index contributed by atoms with van der Waals surface area (Å²) in [7, 11) is 0. The van der Waals surface area contributed by atoms with Crippen LogP contribution in [-0.4, -0.2) is 42.9 Å². The molecule has 0 spiro atoms. The fourth-order valence-electron chi connectivity index (χ4n) is 1.98. The van der Waals surface area contributed by atoms with Crippen molar-refractivity contribution in [3.05, 3.63) is 29.8 Å². The fourth-order valence-corrected chi connectivity index (χ4v) is 1.98. The Morgan fingerprint density at radius 1 is 1.50 bits per heavy atom. The summed E-state index contributed by atoms with van der Waals surface area (Å²) in [6, 6.07) is 10.5. The maximum absolute atomic E-state index is 10.6. The highest BCUT2D eigenvalue weighted by atomic mass is 19.4. The van der Waals surface area contributed by atoms with Crippen molar-refractivity contribution in [2.24, 2.45) is 0 Å². The molecule has 8 heteroatoms. The van der Waals surface area contributed by atoms with E-state index in [-0.39, 0.29) is 0 Å². The van der Waals surface area contributed by atoms with Crippen LogP contribution in [0.2, 0.25) is 0 Å². The molecule has 2 rings (SSSR count). The van der Waals surface area contributed by atoms with Crippen molar-refractivity contribution in [2.45, 2.75) is 19.1 Å². The molecule has 1 saturated heterocycles. The molecule has 0 unspecified atom stereocenters. The van der Waals surface area contributed by atoms with Gasteiger partial charge >= 0.3 is 12.1 Å². The van der Waals surface area contributed by atoms with E-state index in [1.54, 1.807) is 0 Å². The van der Waals surface area contributed by atoms with E-state index in [9.17, 15) is 13.2 Å². The maximum Gasteiger partial charge on any atom is 0.490 e. The lowest BCUT2D eigenvalue weighted by Gasteiger charge is -2.35. The molecule has 1 atom stereocenters. The highest BCUT2D eigenvalue weighted by molar-refractivity contribution is 5.73. The van der Waals surface area contributed by atoms with Gasteiger partial charge in [-0.3, -0.25) is 0 Å². The molecule has 1 heterocycles. The molecule has 0 amide bonds. The summed E-state index contributed by atoms with van der Waals surface area (Å²) in [5, 5.41) is 19.3. The average molecular weight is 315 g/mol. The summed E-state index contributed by atoms with van der Waals surface area (Å²) < 4.78 is 31.7. The zero-order valence-electron chi connectivity index (χ0n) is 11.9. The van der Waals surface area contributed by atoms with Crippen molar-refractivity contribution in [1.82, 2.24) is 5.32 Å². The van der Waals surface area contributed by atoms with Gasteiger partial charge in [0.15, 0.2) is 0 Å². The predicted molar refractivity (Wildman–Crippen MR) is 74.5 cm³/mol. The lowest BCUT2D eigenvalue weighted by atomic mass is 10.1. The Bertz CT molecular complexity index is 555. The molecule has 0 bridgehead atoms. The van der Waals surface area contributed by atoms with E-state index >= 15 is 0 Å². The molecule has 1 aliphatic rings. The minimum Gasteiger partial charge on any atom is -0.475 e. The van der Waals surface area contributed by atoms with E-state index in [1.165, 1.54) is 0 Å². The number of nitriles is 1. The molecule has 0 aromatic heterocycles. The van der Waals surface area contributed by atoms with E-state index < -0.39 is 12.1 Å². The number of hydrogen-bond acceptors (Lipinski definition) is 4. The summed E-state index contributed by atoms with van der Waals surface area (Å²) in [5.74, 6) is -2.76. The number of carboxylic acids is 1. The van der Waals surface area contributed by atoms with Gasteiger partial charge in [-0.15, -0.1) is 0 Å². The summed E-state index contributed by atoms with van der Waals surface area (Å²) in [6.07, 6.45) is -5.08. The smallest absolute Gasteiger partial charge is 0.475 e. The third kappa shape index (κ3) is 5.26. The maximum atomic E-state index is 10.6. The third-order valence-electron chi connectivity index (χ3n) is 3.05. The lowest BCUT2D eigenvalue weighted by molar-refractivity contribution is -0.192. The molecule has 120 valence electrons. The molecule has 0 saturated carbocycles. The van der Waals surface area contributed by atoms with Crippen molar-refractivity contribution in [2.75, 3.05) is 24.5 Å². The highest BCUT2D eigenvalue weighted by Gasteiger charge is 2.38. The zero-order chi connectivity index (χ0) is 16.8. The standard InChI is InChI=1S/C12H15N3.C2HF3O2/c1-10-9-14-5-6-15(10)12-4-2-3-11(7-12)8-13;3-2(4,5)1(6)7/h2-4,7,10,14H,5-6,9H2,1H3;(H,6,7)/t10-;/m1./s1. The first-order valence-electron chi connectivity index (χ1n) is 6.53. The number of alkyl halides is 3. The van der Waals surface area contributed by atoms with Crippen LogP contribution >= 0.6 is 0 Å². The van der Waals surface area contributed by atoms with Crippen molar-refractivity contribution in [3.63, 3.8) is 0 Å². The Hall–Kier alpha value is -2.27. The van der Waals surface area contributed by atoms with Gasteiger partial charge in [0.1, 0.15) is 0 Å². The average Bonchev–Trinajstić information content (AvgIpc) is 2.47. The Morgan fingerprint density at radius 2 is 2.14 bits per heavy atom. The minimum absolute atomic E-state index is 0.493. The number of halogens is 3. The molecule has 1 aromatic rings. The first-order valence-corrected chi connectivity index (χ1v) is 6.53. The van der Waals surface area contributed by atoms with Crippen molar-refractivity contribution in [3.8, 4) is 6.07 Å². The van der Waals surface area contributed by atoms with E-state index in [4.69, 9.17) is 15.2 Å². The summed E-state index contributed by atoms with van der Waals surface area (Å²) in [6.45, 7) is 5.24. The first kappa shape index (κ1) is 17.8. The van der Waals surface area contributed by atoms with Crippen LogP contribution in [0.25, 0.3) is 0 Å². The summed E-state index contributed by atoms with van der Waals surface area (Å²) >= 11 is 0. The van der Waals surface area contributed by atoms with E-state index in [1.807, 2.05) is 18.2 Å². The summed E-state index contributed by atoms with van der Waals surface area (Å²) in [4.78, 5) is 11.2. The van der Waals surface area contributed by atoms with Gasteiger partial charge < -0.3 is 15.3 Å². The third-order valence-corrected chi connectivity index (χ3v) is 3.05. The molecule has 22 heavy (non-hydrogen) atoms. The zero-order valence-corrected chi connectivity index (χ0v) is 11.9. The van der Waals surface area contributed by atoms with E-state index in [0.29, 0.717) is 6.04 Å². The SMILES string of the molecule is C[C@@H]1CNCCN1c1cccc(C#N)c1.O=C(O)C(F)(F)F. The van der Waals surface area contributed by atoms with Crippen molar-refractivity contribution in [1.29, 1.82) is 5.26 Å². The predicted octanol–water partition coefficient (Wildman–Crippen LogP) is 1.99. The molecular formula is C14H16F3N3O2. The number of rotatable bonds is 1. The number of aliphatic carboxylic acids is 1. The highest BCUT2D eigenvalue weighted by Crippen LogP contribution is 2.19. The van der Waals surface area contributed by atoms with Gasteiger partial charge in [-0.2, -0.15) is 18.4 Å².